The Morgan fingerprint density at radius 3 is 2.55 bits per heavy atom. The summed E-state index contributed by atoms with van der Waals surface area (Å²) in [6, 6.07) is 5.40. The first-order chi connectivity index (χ1) is 18.8. The minimum absolute atomic E-state index is 0.0765. The molecule has 3 aromatic rings. The smallest absolute Gasteiger partial charge is 0.340 e. The van der Waals surface area contributed by atoms with E-state index in [2.05, 4.69) is 22.2 Å². The molecule has 2 fully saturated rings. The zero-order valence-corrected chi connectivity index (χ0v) is 23.8. The van der Waals surface area contributed by atoms with Crippen molar-refractivity contribution in [3.8, 4) is 5.88 Å². The van der Waals surface area contributed by atoms with Gasteiger partial charge in [0.25, 0.3) is 0 Å². The van der Waals surface area contributed by atoms with Crippen LogP contribution in [0.25, 0.3) is 10.8 Å². The van der Waals surface area contributed by atoms with Crippen molar-refractivity contribution in [1.29, 1.82) is 0 Å². The molecule has 0 aromatic carbocycles. The number of hydrogen-bond donors (Lipinski definition) is 2. The summed E-state index contributed by atoms with van der Waals surface area (Å²) in [5.41, 5.74) is 7.24. The Balaban J connectivity index is 1.27. The second-order valence-corrected chi connectivity index (χ2v) is 12.6. The number of ether oxygens (including phenoxy) is 2. The summed E-state index contributed by atoms with van der Waals surface area (Å²) < 4.78 is 11.8. The third-order valence-corrected chi connectivity index (χ3v) is 8.50. The first kappa shape index (κ1) is 26.4. The van der Waals surface area contributed by atoms with Gasteiger partial charge in [-0.25, -0.2) is 19.7 Å². The third-order valence-electron chi connectivity index (χ3n) is 8.50. The van der Waals surface area contributed by atoms with E-state index in [9.17, 15) is 9.59 Å². The molecule has 6 rings (SSSR count). The van der Waals surface area contributed by atoms with Crippen molar-refractivity contribution < 1.29 is 19.1 Å². The summed E-state index contributed by atoms with van der Waals surface area (Å²) in [6.45, 7) is 12.9. The van der Waals surface area contributed by atoms with E-state index in [1.54, 1.807) is 24.5 Å². The maximum absolute atomic E-state index is 12.5. The molecular formula is C30H36N6O4. The number of amides is 1. The molecule has 3 aromatic heterocycles. The molecule has 0 radical (unpaired) electrons. The van der Waals surface area contributed by atoms with Crippen LogP contribution in [0.4, 0.5) is 11.6 Å². The maximum atomic E-state index is 12.5. The van der Waals surface area contributed by atoms with Crippen molar-refractivity contribution in [2.75, 3.05) is 18.4 Å². The molecule has 10 heteroatoms. The van der Waals surface area contributed by atoms with Crippen LogP contribution in [0.3, 0.4) is 0 Å². The van der Waals surface area contributed by atoms with Crippen molar-refractivity contribution in [2.45, 2.75) is 71.1 Å². The first-order valence-electron chi connectivity index (χ1n) is 13.9. The van der Waals surface area contributed by atoms with Gasteiger partial charge in [0, 0.05) is 29.8 Å². The summed E-state index contributed by atoms with van der Waals surface area (Å²) in [7, 11) is 0. The third kappa shape index (κ3) is 4.64. The number of nitrogens with zero attached hydrogens (tertiary/aromatic N) is 4. The van der Waals surface area contributed by atoms with Gasteiger partial charge < -0.3 is 25.4 Å². The van der Waals surface area contributed by atoms with Crippen LogP contribution >= 0.6 is 0 Å². The zero-order valence-electron chi connectivity index (χ0n) is 23.8. The molecule has 3 N–H and O–H groups in total. The van der Waals surface area contributed by atoms with Gasteiger partial charge in [0.05, 0.1) is 29.7 Å². The number of cyclic esters (lactones) is 1. The van der Waals surface area contributed by atoms with E-state index in [-0.39, 0.29) is 29.8 Å². The van der Waals surface area contributed by atoms with Gasteiger partial charge in [0.2, 0.25) is 11.8 Å². The molecule has 1 amide bonds. The lowest BCUT2D eigenvalue weighted by molar-refractivity contribution is -0.141. The largest absolute Gasteiger partial charge is 0.470 e. The number of nitrogens with one attached hydrogen (secondary N) is 1. The lowest BCUT2D eigenvalue weighted by Gasteiger charge is -2.39. The van der Waals surface area contributed by atoms with Gasteiger partial charge in [-0.15, -0.1) is 0 Å². The molecule has 1 saturated heterocycles. The van der Waals surface area contributed by atoms with Crippen molar-refractivity contribution in [1.82, 2.24) is 19.9 Å². The van der Waals surface area contributed by atoms with Crippen molar-refractivity contribution >= 4 is 34.3 Å². The number of aromatic nitrogens is 3. The van der Waals surface area contributed by atoms with Crippen molar-refractivity contribution in [3.05, 3.63) is 47.4 Å². The van der Waals surface area contributed by atoms with Gasteiger partial charge in [-0.2, -0.15) is 0 Å². The highest BCUT2D eigenvalue weighted by Crippen LogP contribution is 2.41. The molecule has 0 bridgehead atoms. The molecule has 0 spiro atoms. The molecule has 40 heavy (non-hydrogen) atoms. The molecular weight excluding hydrogens is 508 g/mol. The van der Waals surface area contributed by atoms with E-state index in [0.29, 0.717) is 47.8 Å². The molecule has 1 aliphatic carbocycles. The average molecular weight is 545 g/mol. The minimum Gasteiger partial charge on any atom is -0.470 e. The van der Waals surface area contributed by atoms with Crippen LogP contribution < -0.4 is 15.8 Å². The number of anilines is 2. The fraction of sp³-hybridized carbons (Fsp3) is 0.500. The van der Waals surface area contributed by atoms with Gasteiger partial charge in [0.1, 0.15) is 23.3 Å². The van der Waals surface area contributed by atoms with Gasteiger partial charge in [-0.1, -0.05) is 13.8 Å². The SMILES string of the molecule is C[C@@H]1c2nc(Nc3cc4c(C(C)(C)N)cnc(OC5CN(C(=O)[C@@H]6C[C@@H]6C)C5)c4cn3)ccc2C(=O)OC1(C)C. The fourth-order valence-corrected chi connectivity index (χ4v) is 5.43. The Hall–Kier alpha value is -3.79. The summed E-state index contributed by atoms with van der Waals surface area (Å²) in [5.74, 6) is 2.08. The highest BCUT2D eigenvalue weighted by atomic mass is 16.6. The van der Waals surface area contributed by atoms with Crippen LogP contribution in [0.1, 0.15) is 75.5 Å². The Kier molecular flexibility index (Phi) is 6.03. The van der Waals surface area contributed by atoms with Crippen LogP contribution in [0.2, 0.25) is 0 Å². The van der Waals surface area contributed by atoms with Crippen LogP contribution in [0, 0.1) is 11.8 Å². The quantitative estimate of drug-likeness (QED) is 0.437. The highest BCUT2D eigenvalue weighted by molar-refractivity contribution is 5.93. The van der Waals surface area contributed by atoms with Crippen LogP contribution in [0.5, 0.6) is 5.88 Å². The van der Waals surface area contributed by atoms with E-state index >= 15 is 0 Å². The molecule has 5 heterocycles. The van der Waals surface area contributed by atoms with Gasteiger partial charge >= 0.3 is 5.97 Å². The number of fused-ring (bicyclic) bond motifs is 2. The number of esters is 1. The number of carbonyl (C=O) groups is 2. The molecule has 10 nitrogen and oxygen atoms in total. The Bertz CT molecular complexity index is 1520. The molecule has 3 atom stereocenters. The lowest BCUT2D eigenvalue weighted by Crippen LogP contribution is -2.56. The van der Waals surface area contributed by atoms with Crippen molar-refractivity contribution in [3.63, 3.8) is 0 Å². The highest BCUT2D eigenvalue weighted by Gasteiger charge is 2.45. The molecule has 3 aliphatic rings. The molecule has 0 unspecified atom stereocenters. The molecule has 210 valence electrons. The van der Waals surface area contributed by atoms with E-state index in [0.717, 1.165) is 22.8 Å². The number of carbonyl (C=O) groups excluding carboxylic acids is 2. The Morgan fingerprint density at radius 2 is 1.88 bits per heavy atom. The van der Waals surface area contributed by atoms with E-state index in [1.807, 2.05) is 45.6 Å². The number of pyridine rings is 3. The Labute approximate surface area is 233 Å². The van der Waals surface area contributed by atoms with Gasteiger partial charge in [-0.05, 0) is 69.2 Å². The van der Waals surface area contributed by atoms with Gasteiger partial charge in [-0.3, -0.25) is 4.79 Å². The van der Waals surface area contributed by atoms with Gasteiger partial charge in [0.15, 0.2) is 0 Å². The summed E-state index contributed by atoms with van der Waals surface area (Å²) in [6.07, 6.45) is 4.35. The van der Waals surface area contributed by atoms with Crippen LogP contribution in [-0.2, 0) is 15.1 Å². The molecule has 2 aliphatic heterocycles. The standard InChI is InChI=1S/C30H36N6O4/c1-15-9-19(15)27(37)36-13-17(14-36)39-26-21-11-32-24(10-20(21)22(12-33-26)29(3,4)31)34-23-8-7-18-25(35-23)16(2)30(5,6)40-28(18)38/h7-8,10-12,15-17,19H,9,13-14,31H2,1-6H3,(H,32,34,35)/t15-,16+,19+/m0/s1. The summed E-state index contributed by atoms with van der Waals surface area (Å²) in [5, 5.41) is 4.90. The number of hydrogen-bond acceptors (Lipinski definition) is 9. The van der Waals surface area contributed by atoms with E-state index in [4.69, 9.17) is 20.2 Å². The zero-order chi connectivity index (χ0) is 28.6. The van der Waals surface area contributed by atoms with E-state index < -0.39 is 11.1 Å². The predicted molar refractivity (Wildman–Crippen MR) is 150 cm³/mol. The second kappa shape index (κ2) is 9.12. The predicted octanol–water partition coefficient (Wildman–Crippen LogP) is 4.26. The fourth-order valence-electron chi connectivity index (χ4n) is 5.43. The normalized spacial score (nSPS) is 23.7. The number of rotatable bonds is 6. The van der Waals surface area contributed by atoms with Crippen molar-refractivity contribution in [2.24, 2.45) is 17.6 Å². The summed E-state index contributed by atoms with van der Waals surface area (Å²) in [4.78, 5) is 40.8. The Morgan fingerprint density at radius 1 is 1.15 bits per heavy atom. The molecule has 1 saturated carbocycles. The lowest BCUT2D eigenvalue weighted by atomic mass is 9.84. The minimum atomic E-state index is -0.658. The summed E-state index contributed by atoms with van der Waals surface area (Å²) >= 11 is 0. The average Bonchev–Trinajstić information content (AvgIpc) is 3.59. The number of nitrogens with two attached hydrogens (primary N) is 1. The van der Waals surface area contributed by atoms with Crippen LogP contribution in [-0.4, -0.2) is 56.5 Å². The topological polar surface area (TPSA) is 133 Å². The maximum Gasteiger partial charge on any atom is 0.340 e. The van der Waals surface area contributed by atoms with E-state index in [1.165, 1.54) is 0 Å². The first-order valence-corrected chi connectivity index (χ1v) is 13.9. The number of likely N-dealkylation sites (tertiary alicyclic amines) is 1. The second-order valence-electron chi connectivity index (χ2n) is 12.6. The monoisotopic (exact) mass is 544 g/mol. The van der Waals surface area contributed by atoms with Crippen LogP contribution in [0.15, 0.2) is 30.6 Å².